The Morgan fingerprint density at radius 3 is 2.37 bits per heavy atom. The van der Waals surface area contributed by atoms with Crippen molar-refractivity contribution in [1.29, 1.82) is 0 Å². The fourth-order valence-electron chi connectivity index (χ4n) is 3.93. The van der Waals surface area contributed by atoms with Gasteiger partial charge in [-0.15, -0.1) is 0 Å². The van der Waals surface area contributed by atoms with Gasteiger partial charge in [-0.2, -0.15) is 0 Å². The summed E-state index contributed by atoms with van der Waals surface area (Å²) in [5.74, 6) is 0.159. The van der Waals surface area contributed by atoms with Crippen LogP contribution in [0.1, 0.15) is 42.1 Å². The first kappa shape index (κ1) is 19.9. The maximum Gasteiger partial charge on any atom is 0.253 e. The van der Waals surface area contributed by atoms with Crippen LogP contribution >= 0.6 is 11.6 Å². The summed E-state index contributed by atoms with van der Waals surface area (Å²) in [5, 5.41) is 0.859. The highest BCUT2D eigenvalue weighted by molar-refractivity contribution is 6.31. The summed E-state index contributed by atoms with van der Waals surface area (Å²) in [6, 6.07) is 18.3. The molecule has 0 N–H and O–H groups in total. The van der Waals surface area contributed by atoms with Gasteiger partial charge in [0.1, 0.15) is 0 Å². The molecule has 2 aromatic rings. The second kappa shape index (κ2) is 9.91. The van der Waals surface area contributed by atoms with Gasteiger partial charge in [-0.1, -0.05) is 54.9 Å². The van der Waals surface area contributed by atoms with E-state index in [1.54, 1.807) is 0 Å². The number of carbonyl (C=O) groups is 1. The van der Waals surface area contributed by atoms with E-state index in [1.165, 1.54) is 5.56 Å². The minimum absolute atomic E-state index is 0.159. The van der Waals surface area contributed by atoms with Crippen LogP contribution < -0.4 is 0 Å². The van der Waals surface area contributed by atoms with Gasteiger partial charge in [0.05, 0.1) is 0 Å². The smallest absolute Gasteiger partial charge is 0.253 e. The standard InChI is InChI=1S/C23H29ClN2O/c1-2-15-25(16-12-19-8-6-7-11-22(19)24)21-13-17-26(18-14-21)23(27)20-9-4-3-5-10-20/h3-11,21H,2,12-18H2,1H3. The SMILES string of the molecule is CCCN(CCc1ccccc1Cl)C1CCN(C(=O)c2ccccc2)CC1. The third-order valence-electron chi connectivity index (χ3n) is 5.43. The van der Waals surface area contributed by atoms with Crippen LogP contribution in [0.3, 0.4) is 0 Å². The molecule has 0 aliphatic carbocycles. The Morgan fingerprint density at radius 2 is 1.70 bits per heavy atom. The van der Waals surface area contributed by atoms with Gasteiger partial charge >= 0.3 is 0 Å². The number of hydrogen-bond donors (Lipinski definition) is 0. The van der Waals surface area contributed by atoms with E-state index >= 15 is 0 Å². The van der Waals surface area contributed by atoms with E-state index in [4.69, 9.17) is 11.6 Å². The Labute approximate surface area is 167 Å². The van der Waals surface area contributed by atoms with Crippen molar-refractivity contribution >= 4 is 17.5 Å². The van der Waals surface area contributed by atoms with Crippen LogP contribution in [0.15, 0.2) is 54.6 Å². The zero-order valence-electron chi connectivity index (χ0n) is 16.1. The average Bonchev–Trinajstić information content (AvgIpc) is 2.72. The van der Waals surface area contributed by atoms with Crippen LogP contribution in [-0.4, -0.2) is 47.9 Å². The van der Waals surface area contributed by atoms with Crippen LogP contribution in [0.4, 0.5) is 0 Å². The summed E-state index contributed by atoms with van der Waals surface area (Å²) in [6.45, 7) is 6.03. The zero-order valence-corrected chi connectivity index (χ0v) is 16.9. The Morgan fingerprint density at radius 1 is 1.04 bits per heavy atom. The summed E-state index contributed by atoms with van der Waals surface area (Å²) >= 11 is 6.32. The largest absolute Gasteiger partial charge is 0.339 e. The number of nitrogens with zero attached hydrogens (tertiary/aromatic N) is 2. The molecule has 27 heavy (non-hydrogen) atoms. The molecule has 0 unspecified atom stereocenters. The third-order valence-corrected chi connectivity index (χ3v) is 5.79. The molecule has 0 spiro atoms. The lowest BCUT2D eigenvalue weighted by Gasteiger charge is -2.38. The predicted octanol–water partition coefficient (Wildman–Crippen LogP) is 4.90. The van der Waals surface area contributed by atoms with Crippen molar-refractivity contribution in [2.45, 2.75) is 38.6 Å². The topological polar surface area (TPSA) is 23.6 Å². The number of likely N-dealkylation sites (tertiary alicyclic amines) is 1. The number of piperidine rings is 1. The van der Waals surface area contributed by atoms with E-state index in [-0.39, 0.29) is 5.91 Å². The normalized spacial score (nSPS) is 15.3. The molecular formula is C23H29ClN2O. The molecular weight excluding hydrogens is 356 g/mol. The van der Waals surface area contributed by atoms with Gasteiger partial charge in [-0.05, 0) is 56.0 Å². The van der Waals surface area contributed by atoms with Gasteiger partial charge in [0.25, 0.3) is 5.91 Å². The van der Waals surface area contributed by atoms with Gasteiger partial charge in [0, 0.05) is 36.3 Å². The molecule has 2 aromatic carbocycles. The minimum atomic E-state index is 0.159. The van der Waals surface area contributed by atoms with E-state index in [9.17, 15) is 4.79 Å². The Hall–Kier alpha value is -1.84. The highest BCUT2D eigenvalue weighted by Crippen LogP contribution is 2.21. The first-order chi connectivity index (χ1) is 13.2. The quantitative estimate of drug-likeness (QED) is 0.677. The molecule has 3 nitrogen and oxygen atoms in total. The molecule has 1 heterocycles. The lowest BCUT2D eigenvalue weighted by Crippen LogP contribution is -2.47. The molecule has 4 heteroatoms. The number of rotatable bonds is 7. The monoisotopic (exact) mass is 384 g/mol. The molecule has 3 rings (SSSR count). The van der Waals surface area contributed by atoms with Crippen molar-refractivity contribution in [3.8, 4) is 0 Å². The third kappa shape index (κ3) is 5.33. The summed E-state index contributed by atoms with van der Waals surface area (Å²) in [7, 11) is 0. The molecule has 0 radical (unpaired) electrons. The lowest BCUT2D eigenvalue weighted by atomic mass is 10.0. The summed E-state index contributed by atoms with van der Waals surface area (Å²) in [6.07, 6.45) is 4.21. The van der Waals surface area contributed by atoms with E-state index < -0.39 is 0 Å². The predicted molar refractivity (Wildman–Crippen MR) is 112 cm³/mol. The first-order valence-electron chi connectivity index (χ1n) is 10.0. The molecule has 1 fully saturated rings. The van der Waals surface area contributed by atoms with E-state index in [1.807, 2.05) is 47.4 Å². The molecule has 1 amide bonds. The number of amides is 1. The van der Waals surface area contributed by atoms with Crippen molar-refractivity contribution in [3.05, 3.63) is 70.7 Å². The van der Waals surface area contributed by atoms with Crippen LogP contribution in [-0.2, 0) is 6.42 Å². The van der Waals surface area contributed by atoms with Crippen LogP contribution in [0, 0.1) is 0 Å². The molecule has 0 aromatic heterocycles. The lowest BCUT2D eigenvalue weighted by molar-refractivity contribution is 0.0619. The highest BCUT2D eigenvalue weighted by atomic mass is 35.5. The van der Waals surface area contributed by atoms with Crippen molar-refractivity contribution in [3.63, 3.8) is 0 Å². The van der Waals surface area contributed by atoms with Crippen molar-refractivity contribution in [2.24, 2.45) is 0 Å². The fraction of sp³-hybridized carbons (Fsp3) is 0.435. The van der Waals surface area contributed by atoms with Gasteiger partial charge in [-0.3, -0.25) is 9.69 Å². The van der Waals surface area contributed by atoms with Crippen LogP contribution in [0.5, 0.6) is 0 Å². The second-order valence-corrected chi connectivity index (χ2v) is 7.67. The van der Waals surface area contributed by atoms with Crippen molar-refractivity contribution in [1.82, 2.24) is 9.80 Å². The van der Waals surface area contributed by atoms with Gasteiger partial charge in [-0.25, -0.2) is 0 Å². The first-order valence-corrected chi connectivity index (χ1v) is 10.4. The number of carbonyl (C=O) groups excluding carboxylic acids is 1. The number of benzene rings is 2. The maximum absolute atomic E-state index is 12.6. The Bertz CT molecular complexity index is 726. The fourth-order valence-corrected chi connectivity index (χ4v) is 4.16. The Kier molecular flexibility index (Phi) is 7.31. The van der Waals surface area contributed by atoms with Crippen molar-refractivity contribution in [2.75, 3.05) is 26.2 Å². The summed E-state index contributed by atoms with van der Waals surface area (Å²) in [4.78, 5) is 17.2. The van der Waals surface area contributed by atoms with E-state index in [0.29, 0.717) is 6.04 Å². The molecule has 1 aliphatic heterocycles. The average molecular weight is 385 g/mol. The van der Waals surface area contributed by atoms with E-state index in [2.05, 4.69) is 24.0 Å². The molecule has 0 bridgehead atoms. The van der Waals surface area contributed by atoms with Crippen molar-refractivity contribution < 1.29 is 4.79 Å². The Balaban J connectivity index is 1.55. The molecule has 0 atom stereocenters. The zero-order chi connectivity index (χ0) is 19.1. The number of halogens is 1. The molecule has 1 saturated heterocycles. The highest BCUT2D eigenvalue weighted by Gasteiger charge is 2.27. The van der Waals surface area contributed by atoms with Gasteiger partial charge < -0.3 is 4.90 Å². The maximum atomic E-state index is 12.6. The minimum Gasteiger partial charge on any atom is -0.339 e. The van der Waals surface area contributed by atoms with Crippen LogP contribution in [0.25, 0.3) is 0 Å². The molecule has 144 valence electrons. The van der Waals surface area contributed by atoms with Crippen LogP contribution in [0.2, 0.25) is 5.02 Å². The number of hydrogen-bond acceptors (Lipinski definition) is 2. The van der Waals surface area contributed by atoms with Gasteiger partial charge in [0.15, 0.2) is 0 Å². The molecule has 1 aliphatic rings. The van der Waals surface area contributed by atoms with E-state index in [0.717, 1.165) is 62.4 Å². The molecule has 0 saturated carbocycles. The second-order valence-electron chi connectivity index (χ2n) is 7.27. The summed E-state index contributed by atoms with van der Waals surface area (Å²) < 4.78 is 0. The van der Waals surface area contributed by atoms with Gasteiger partial charge in [0.2, 0.25) is 0 Å². The summed E-state index contributed by atoms with van der Waals surface area (Å²) in [5.41, 5.74) is 2.01.